The quantitative estimate of drug-likeness (QED) is 0.576. The Kier molecular flexibility index (Phi) is 5.42. The van der Waals surface area contributed by atoms with Crippen LogP contribution in [0.15, 0.2) is 78.9 Å². The number of anilines is 3. The molecule has 23 heavy (non-hydrogen) atoms. The fourth-order valence-corrected chi connectivity index (χ4v) is 2.55. The van der Waals surface area contributed by atoms with E-state index < -0.39 is 0 Å². The van der Waals surface area contributed by atoms with Gasteiger partial charge in [-0.1, -0.05) is 49.9 Å². The van der Waals surface area contributed by atoms with Crippen LogP contribution in [0.3, 0.4) is 0 Å². The molecule has 0 saturated heterocycles. The molecule has 118 valence electrons. The SMILES string of the molecule is C.COc1cc(N(c2ccccc2)c2ccccc2)ccc1C. The number of hydrogen-bond donors (Lipinski definition) is 0. The molecule has 0 aliphatic rings. The van der Waals surface area contributed by atoms with Crippen LogP contribution in [0.25, 0.3) is 0 Å². The number of methoxy groups -OCH3 is 1. The van der Waals surface area contributed by atoms with Gasteiger partial charge in [0.25, 0.3) is 0 Å². The molecule has 0 amide bonds. The number of ether oxygens (including phenoxy) is 1. The predicted molar refractivity (Wildman–Crippen MR) is 99.1 cm³/mol. The van der Waals surface area contributed by atoms with Crippen LogP contribution < -0.4 is 9.64 Å². The summed E-state index contributed by atoms with van der Waals surface area (Å²) in [4.78, 5) is 2.22. The number of nitrogens with zero attached hydrogens (tertiary/aromatic N) is 1. The Morgan fingerprint density at radius 1 is 0.696 bits per heavy atom. The van der Waals surface area contributed by atoms with E-state index >= 15 is 0 Å². The van der Waals surface area contributed by atoms with Crippen LogP contribution in [0.5, 0.6) is 5.75 Å². The number of rotatable bonds is 4. The Morgan fingerprint density at radius 2 is 1.22 bits per heavy atom. The summed E-state index contributed by atoms with van der Waals surface area (Å²) in [5, 5.41) is 0. The van der Waals surface area contributed by atoms with Crippen molar-refractivity contribution in [3.63, 3.8) is 0 Å². The highest BCUT2D eigenvalue weighted by Crippen LogP contribution is 2.36. The van der Waals surface area contributed by atoms with Crippen LogP contribution in [0, 0.1) is 6.92 Å². The van der Waals surface area contributed by atoms with Gasteiger partial charge in [0.1, 0.15) is 5.75 Å². The lowest BCUT2D eigenvalue weighted by Gasteiger charge is -2.26. The van der Waals surface area contributed by atoms with Gasteiger partial charge in [-0.2, -0.15) is 0 Å². The molecule has 3 rings (SSSR count). The molecule has 3 aromatic carbocycles. The van der Waals surface area contributed by atoms with E-state index in [2.05, 4.69) is 78.6 Å². The molecule has 0 radical (unpaired) electrons. The van der Waals surface area contributed by atoms with E-state index in [1.165, 1.54) is 0 Å². The maximum absolute atomic E-state index is 5.48. The summed E-state index contributed by atoms with van der Waals surface area (Å²) >= 11 is 0. The topological polar surface area (TPSA) is 12.5 Å². The predicted octanol–water partition coefficient (Wildman–Crippen LogP) is 6.11. The second kappa shape index (κ2) is 7.50. The summed E-state index contributed by atoms with van der Waals surface area (Å²) < 4.78 is 5.48. The number of aryl methyl sites for hydroxylation is 1. The maximum Gasteiger partial charge on any atom is 0.123 e. The van der Waals surface area contributed by atoms with Crippen molar-refractivity contribution in [2.24, 2.45) is 0 Å². The van der Waals surface area contributed by atoms with Crippen molar-refractivity contribution >= 4 is 17.1 Å². The third kappa shape index (κ3) is 3.54. The molecule has 0 saturated carbocycles. The normalized spacial score (nSPS) is 9.83. The van der Waals surface area contributed by atoms with Crippen LogP contribution in [-0.2, 0) is 0 Å². The van der Waals surface area contributed by atoms with E-state index in [0.29, 0.717) is 0 Å². The first-order valence-electron chi connectivity index (χ1n) is 7.34. The second-order valence-electron chi connectivity index (χ2n) is 5.16. The summed E-state index contributed by atoms with van der Waals surface area (Å²) in [5.41, 5.74) is 4.46. The molecule has 2 nitrogen and oxygen atoms in total. The zero-order valence-corrected chi connectivity index (χ0v) is 12.9. The van der Waals surface area contributed by atoms with E-state index in [1.807, 2.05) is 12.1 Å². The van der Waals surface area contributed by atoms with Crippen LogP contribution in [0.2, 0.25) is 0 Å². The molecule has 3 aromatic rings. The Labute approximate surface area is 139 Å². The zero-order chi connectivity index (χ0) is 15.4. The molecular formula is C21H23NO. The first-order valence-corrected chi connectivity index (χ1v) is 7.34. The van der Waals surface area contributed by atoms with Crippen molar-refractivity contribution in [3.05, 3.63) is 84.4 Å². The van der Waals surface area contributed by atoms with Crippen molar-refractivity contribution in [3.8, 4) is 5.75 Å². The third-order valence-electron chi connectivity index (χ3n) is 3.68. The number of para-hydroxylation sites is 2. The monoisotopic (exact) mass is 305 g/mol. The molecule has 0 N–H and O–H groups in total. The van der Waals surface area contributed by atoms with Gasteiger partial charge in [0, 0.05) is 23.1 Å². The molecule has 0 aliphatic carbocycles. The van der Waals surface area contributed by atoms with Gasteiger partial charge in [-0.3, -0.25) is 0 Å². The molecule has 0 aliphatic heterocycles. The van der Waals surface area contributed by atoms with Crippen molar-refractivity contribution < 1.29 is 4.74 Å². The highest BCUT2D eigenvalue weighted by molar-refractivity contribution is 5.77. The summed E-state index contributed by atoms with van der Waals surface area (Å²) in [7, 11) is 1.71. The molecule has 2 heteroatoms. The number of hydrogen-bond acceptors (Lipinski definition) is 2. The first-order chi connectivity index (χ1) is 10.8. The van der Waals surface area contributed by atoms with Gasteiger partial charge in [-0.05, 0) is 42.8 Å². The fourth-order valence-electron chi connectivity index (χ4n) is 2.55. The van der Waals surface area contributed by atoms with Crippen LogP contribution in [-0.4, -0.2) is 7.11 Å². The Morgan fingerprint density at radius 3 is 1.70 bits per heavy atom. The summed E-state index contributed by atoms with van der Waals surface area (Å²) in [5.74, 6) is 0.898. The minimum Gasteiger partial charge on any atom is -0.496 e. The third-order valence-corrected chi connectivity index (χ3v) is 3.68. The summed E-state index contributed by atoms with van der Waals surface area (Å²) in [6, 6.07) is 27.0. The van der Waals surface area contributed by atoms with Gasteiger partial charge >= 0.3 is 0 Å². The summed E-state index contributed by atoms with van der Waals surface area (Å²) in [6.07, 6.45) is 0. The lowest BCUT2D eigenvalue weighted by atomic mass is 10.1. The van der Waals surface area contributed by atoms with E-state index in [0.717, 1.165) is 28.4 Å². The molecule has 0 spiro atoms. The van der Waals surface area contributed by atoms with Gasteiger partial charge < -0.3 is 9.64 Å². The van der Waals surface area contributed by atoms with Crippen molar-refractivity contribution in [1.29, 1.82) is 0 Å². The van der Waals surface area contributed by atoms with Crippen molar-refractivity contribution in [1.82, 2.24) is 0 Å². The summed E-state index contributed by atoms with van der Waals surface area (Å²) in [6.45, 7) is 2.05. The molecule has 0 atom stereocenters. The smallest absolute Gasteiger partial charge is 0.123 e. The number of benzene rings is 3. The lowest BCUT2D eigenvalue weighted by molar-refractivity contribution is 0.412. The first kappa shape index (κ1) is 16.6. The Bertz CT molecular complexity index is 699. The maximum atomic E-state index is 5.48. The Hall–Kier alpha value is -2.74. The van der Waals surface area contributed by atoms with Crippen molar-refractivity contribution in [2.75, 3.05) is 12.0 Å². The minimum atomic E-state index is 0. The highest BCUT2D eigenvalue weighted by Gasteiger charge is 2.13. The largest absolute Gasteiger partial charge is 0.496 e. The van der Waals surface area contributed by atoms with Crippen LogP contribution in [0.1, 0.15) is 13.0 Å². The van der Waals surface area contributed by atoms with Crippen molar-refractivity contribution in [2.45, 2.75) is 14.4 Å². The molecule has 0 unspecified atom stereocenters. The van der Waals surface area contributed by atoms with Gasteiger partial charge in [-0.25, -0.2) is 0 Å². The molecule has 0 aromatic heterocycles. The van der Waals surface area contributed by atoms with E-state index in [4.69, 9.17) is 4.74 Å². The van der Waals surface area contributed by atoms with Gasteiger partial charge in [0.2, 0.25) is 0 Å². The van der Waals surface area contributed by atoms with E-state index in [-0.39, 0.29) is 7.43 Å². The average Bonchev–Trinajstić information content (AvgIpc) is 2.58. The zero-order valence-electron chi connectivity index (χ0n) is 12.9. The second-order valence-corrected chi connectivity index (χ2v) is 5.16. The molecule has 0 heterocycles. The van der Waals surface area contributed by atoms with Gasteiger partial charge in [0.05, 0.1) is 7.11 Å². The van der Waals surface area contributed by atoms with E-state index in [9.17, 15) is 0 Å². The average molecular weight is 305 g/mol. The van der Waals surface area contributed by atoms with Crippen LogP contribution >= 0.6 is 0 Å². The lowest BCUT2D eigenvalue weighted by Crippen LogP contribution is -2.09. The van der Waals surface area contributed by atoms with Crippen LogP contribution in [0.4, 0.5) is 17.1 Å². The minimum absolute atomic E-state index is 0. The molecular weight excluding hydrogens is 282 g/mol. The molecule has 0 fully saturated rings. The molecule has 0 bridgehead atoms. The van der Waals surface area contributed by atoms with Gasteiger partial charge in [0.15, 0.2) is 0 Å². The highest BCUT2D eigenvalue weighted by atomic mass is 16.5. The van der Waals surface area contributed by atoms with E-state index in [1.54, 1.807) is 7.11 Å². The van der Waals surface area contributed by atoms with Gasteiger partial charge in [-0.15, -0.1) is 0 Å². The Balaban J connectivity index is 0.00000192. The standard InChI is InChI=1S/C20H19NO.CH4/c1-16-13-14-19(15-20(16)22-2)21(17-9-5-3-6-10-17)18-11-7-4-8-12-18;/h3-15H,1-2H3;1H4. The fraction of sp³-hybridized carbons (Fsp3) is 0.143.